The highest BCUT2D eigenvalue weighted by Crippen LogP contribution is 2.41. The largest absolute Gasteiger partial charge is 0.495 e. The summed E-state index contributed by atoms with van der Waals surface area (Å²) in [5, 5.41) is 2.03. The van der Waals surface area contributed by atoms with Crippen LogP contribution in [0, 0.1) is 0 Å². The number of rotatable bonds is 5. The molecule has 1 atom stereocenters. The molecule has 0 saturated heterocycles. The van der Waals surface area contributed by atoms with Gasteiger partial charge in [-0.1, -0.05) is 11.6 Å². The van der Waals surface area contributed by atoms with Crippen molar-refractivity contribution in [1.29, 1.82) is 0 Å². The SMILES string of the molecule is COc1cc(C=O)cc2c1[nH]c1c3c(ccc12)O[C@](C)(CCC=C(C)C)C=C3. The highest BCUT2D eigenvalue weighted by molar-refractivity contribution is 6.13. The predicted octanol–water partition coefficient (Wildman–Crippen LogP) is 6.05. The van der Waals surface area contributed by atoms with Crippen molar-refractivity contribution in [3.05, 3.63) is 53.1 Å². The molecule has 0 amide bonds. The van der Waals surface area contributed by atoms with Crippen molar-refractivity contribution in [2.45, 2.75) is 39.2 Å². The molecule has 0 fully saturated rings. The van der Waals surface area contributed by atoms with Crippen LogP contribution in [0.3, 0.4) is 0 Å². The van der Waals surface area contributed by atoms with E-state index in [4.69, 9.17) is 9.47 Å². The molecule has 0 spiro atoms. The third-order valence-corrected chi connectivity index (χ3v) is 5.37. The Hall–Kier alpha value is -3.01. The van der Waals surface area contributed by atoms with Crippen LogP contribution in [0.4, 0.5) is 0 Å². The lowest BCUT2D eigenvalue weighted by atomic mass is 9.94. The molecule has 1 N–H and O–H groups in total. The Morgan fingerprint density at radius 3 is 2.75 bits per heavy atom. The minimum Gasteiger partial charge on any atom is -0.495 e. The Labute approximate surface area is 164 Å². The highest BCUT2D eigenvalue weighted by Gasteiger charge is 2.28. The van der Waals surface area contributed by atoms with Gasteiger partial charge in [-0.3, -0.25) is 4.79 Å². The number of methoxy groups -OCH3 is 1. The first-order valence-electron chi connectivity index (χ1n) is 9.57. The molecule has 1 aliphatic heterocycles. The Kier molecular flexibility index (Phi) is 4.50. The molecule has 28 heavy (non-hydrogen) atoms. The van der Waals surface area contributed by atoms with Crippen molar-refractivity contribution in [2.24, 2.45) is 0 Å². The van der Waals surface area contributed by atoms with Gasteiger partial charge in [-0.25, -0.2) is 0 Å². The summed E-state index contributed by atoms with van der Waals surface area (Å²) in [6, 6.07) is 7.72. The summed E-state index contributed by atoms with van der Waals surface area (Å²) in [7, 11) is 1.62. The number of fused-ring (bicyclic) bond motifs is 5. The van der Waals surface area contributed by atoms with Crippen molar-refractivity contribution in [1.82, 2.24) is 4.98 Å². The minimum absolute atomic E-state index is 0.318. The third kappa shape index (κ3) is 3.09. The number of aromatic nitrogens is 1. The van der Waals surface area contributed by atoms with E-state index in [1.165, 1.54) is 5.57 Å². The summed E-state index contributed by atoms with van der Waals surface area (Å²) in [6.07, 6.45) is 9.30. The number of carbonyl (C=O) groups is 1. The first kappa shape index (κ1) is 18.4. The van der Waals surface area contributed by atoms with Gasteiger partial charge in [-0.15, -0.1) is 0 Å². The van der Waals surface area contributed by atoms with Gasteiger partial charge < -0.3 is 14.5 Å². The van der Waals surface area contributed by atoms with Gasteiger partial charge in [0.25, 0.3) is 0 Å². The summed E-state index contributed by atoms with van der Waals surface area (Å²) in [6.45, 7) is 6.36. The molecule has 2 aromatic carbocycles. The lowest BCUT2D eigenvalue weighted by molar-refractivity contribution is 0.112. The Morgan fingerprint density at radius 2 is 2.04 bits per heavy atom. The first-order chi connectivity index (χ1) is 13.4. The maximum absolute atomic E-state index is 11.3. The van der Waals surface area contributed by atoms with E-state index in [-0.39, 0.29) is 5.60 Å². The Balaban J connectivity index is 1.80. The fourth-order valence-electron chi connectivity index (χ4n) is 3.87. The predicted molar refractivity (Wildman–Crippen MR) is 114 cm³/mol. The summed E-state index contributed by atoms with van der Waals surface area (Å²) < 4.78 is 11.9. The molecule has 144 valence electrons. The smallest absolute Gasteiger partial charge is 0.150 e. The molecule has 0 radical (unpaired) electrons. The average molecular weight is 375 g/mol. The molecule has 0 saturated carbocycles. The second-order valence-corrected chi connectivity index (χ2v) is 7.86. The zero-order valence-corrected chi connectivity index (χ0v) is 16.8. The molecule has 0 bridgehead atoms. The first-order valence-corrected chi connectivity index (χ1v) is 9.57. The molecular weight excluding hydrogens is 350 g/mol. The van der Waals surface area contributed by atoms with E-state index >= 15 is 0 Å². The summed E-state index contributed by atoms with van der Waals surface area (Å²) in [4.78, 5) is 14.8. The van der Waals surface area contributed by atoms with Crippen molar-refractivity contribution >= 4 is 34.2 Å². The highest BCUT2D eigenvalue weighted by atomic mass is 16.5. The van der Waals surface area contributed by atoms with E-state index in [0.717, 1.165) is 52.2 Å². The van der Waals surface area contributed by atoms with Gasteiger partial charge in [0.1, 0.15) is 23.4 Å². The summed E-state index contributed by atoms with van der Waals surface area (Å²) >= 11 is 0. The number of hydrogen-bond donors (Lipinski definition) is 1. The van der Waals surface area contributed by atoms with Crippen LogP contribution in [0.1, 0.15) is 49.5 Å². The van der Waals surface area contributed by atoms with E-state index in [9.17, 15) is 4.79 Å². The van der Waals surface area contributed by atoms with Crippen LogP contribution in [-0.4, -0.2) is 24.0 Å². The minimum atomic E-state index is -0.318. The van der Waals surface area contributed by atoms with E-state index in [2.05, 4.69) is 50.0 Å². The maximum Gasteiger partial charge on any atom is 0.150 e. The van der Waals surface area contributed by atoms with E-state index in [0.29, 0.717) is 11.3 Å². The van der Waals surface area contributed by atoms with Crippen LogP contribution >= 0.6 is 0 Å². The molecule has 4 rings (SSSR count). The van der Waals surface area contributed by atoms with Gasteiger partial charge in [0.15, 0.2) is 0 Å². The van der Waals surface area contributed by atoms with Crippen LogP contribution in [-0.2, 0) is 0 Å². The molecule has 4 nitrogen and oxygen atoms in total. The number of allylic oxidation sites excluding steroid dienone is 2. The van der Waals surface area contributed by atoms with Crippen LogP contribution in [0.5, 0.6) is 11.5 Å². The summed E-state index contributed by atoms with van der Waals surface area (Å²) in [5.74, 6) is 1.53. The molecule has 4 heteroatoms. The number of carbonyl (C=O) groups excluding carboxylic acids is 1. The average Bonchev–Trinajstić information content (AvgIpc) is 3.05. The number of aromatic amines is 1. The topological polar surface area (TPSA) is 51.3 Å². The standard InChI is InChI=1S/C24H25NO3/c1-15(2)6-5-10-24(3)11-9-18-20(28-24)8-7-17-19-12-16(14-26)13-21(27-4)23(19)25-22(17)18/h6-9,11-14,25H,5,10H2,1-4H3/t24-/m1/s1. The van der Waals surface area contributed by atoms with Gasteiger partial charge >= 0.3 is 0 Å². The van der Waals surface area contributed by atoms with Crippen LogP contribution in [0.25, 0.3) is 27.9 Å². The third-order valence-electron chi connectivity index (χ3n) is 5.37. The van der Waals surface area contributed by atoms with E-state index in [1.807, 2.05) is 12.1 Å². The van der Waals surface area contributed by atoms with Crippen LogP contribution in [0.2, 0.25) is 0 Å². The fraction of sp³-hybridized carbons (Fsp3) is 0.292. The monoisotopic (exact) mass is 375 g/mol. The molecule has 1 aliphatic rings. The van der Waals surface area contributed by atoms with Gasteiger partial charge in [-0.2, -0.15) is 0 Å². The second kappa shape index (κ2) is 6.86. The Morgan fingerprint density at radius 1 is 1.21 bits per heavy atom. The van der Waals surface area contributed by atoms with E-state index in [1.54, 1.807) is 13.2 Å². The molecular formula is C24H25NO3. The molecule has 3 aromatic rings. The quantitative estimate of drug-likeness (QED) is 0.436. The van der Waals surface area contributed by atoms with Crippen molar-refractivity contribution in [3.63, 3.8) is 0 Å². The van der Waals surface area contributed by atoms with Crippen LogP contribution in [0.15, 0.2) is 42.0 Å². The summed E-state index contributed by atoms with van der Waals surface area (Å²) in [5.41, 5.74) is 4.52. The second-order valence-electron chi connectivity index (χ2n) is 7.86. The fourth-order valence-corrected chi connectivity index (χ4v) is 3.87. The number of nitrogens with one attached hydrogen (secondary N) is 1. The van der Waals surface area contributed by atoms with Gasteiger partial charge in [0, 0.05) is 21.9 Å². The van der Waals surface area contributed by atoms with Gasteiger partial charge in [-0.05, 0) is 70.0 Å². The Bertz CT molecular complexity index is 1130. The zero-order chi connectivity index (χ0) is 19.9. The van der Waals surface area contributed by atoms with Gasteiger partial charge in [0.2, 0.25) is 0 Å². The van der Waals surface area contributed by atoms with Crippen molar-refractivity contribution < 1.29 is 14.3 Å². The lowest BCUT2D eigenvalue weighted by Crippen LogP contribution is -2.31. The lowest BCUT2D eigenvalue weighted by Gasteiger charge is -2.31. The van der Waals surface area contributed by atoms with Crippen molar-refractivity contribution in [3.8, 4) is 11.5 Å². The molecule has 2 heterocycles. The molecule has 0 aliphatic carbocycles. The number of H-pyrrole nitrogens is 1. The maximum atomic E-state index is 11.3. The van der Waals surface area contributed by atoms with Crippen LogP contribution < -0.4 is 9.47 Å². The number of aldehydes is 1. The van der Waals surface area contributed by atoms with Gasteiger partial charge in [0.05, 0.1) is 18.1 Å². The van der Waals surface area contributed by atoms with Crippen molar-refractivity contribution in [2.75, 3.05) is 7.11 Å². The normalized spacial score (nSPS) is 18.0. The zero-order valence-electron chi connectivity index (χ0n) is 16.8. The number of hydrogen-bond acceptors (Lipinski definition) is 3. The molecule has 0 unspecified atom stereocenters. The number of ether oxygens (including phenoxy) is 2. The molecule has 1 aromatic heterocycles. The number of benzene rings is 2. The van der Waals surface area contributed by atoms with E-state index < -0.39 is 0 Å².